The minimum absolute atomic E-state index is 1.02. The van der Waals surface area contributed by atoms with Crippen LogP contribution in [-0.4, -0.2) is 6.38 Å². The van der Waals surface area contributed by atoms with Crippen molar-refractivity contribution < 1.29 is 0 Å². The maximum absolute atomic E-state index is 4.64. The van der Waals surface area contributed by atoms with Gasteiger partial charge in [-0.05, 0) is 17.8 Å². The largest absolute Gasteiger partial charge is 0.130 e. The Morgan fingerprint density at radius 1 is 0.750 bits per heavy atom. The number of alkyl halides is 1. The Balaban J connectivity index is 0.000000222. The molecule has 0 nitrogen and oxygen atoms in total. The summed E-state index contributed by atoms with van der Waals surface area (Å²) in [5.74, 6) is 3.06. The zero-order chi connectivity index (χ0) is 6.73. The fourth-order valence-electron chi connectivity index (χ4n) is 0.911. The second-order valence-electron chi connectivity index (χ2n) is 2.58. The van der Waals surface area contributed by atoms with E-state index in [4.69, 9.17) is 0 Å². The highest BCUT2D eigenvalue weighted by molar-refractivity contribution is 6.15. The second-order valence-corrected chi connectivity index (χ2v) is 2.58. The molecule has 8 heavy (non-hydrogen) atoms. The zero-order valence-electron chi connectivity index (χ0n) is 6.11. The van der Waals surface area contributed by atoms with Crippen molar-refractivity contribution in [2.45, 2.75) is 20.8 Å². The summed E-state index contributed by atoms with van der Waals surface area (Å²) in [6, 6.07) is 0. The molecule has 0 amide bonds. The molecule has 0 aromatic carbocycles. The van der Waals surface area contributed by atoms with Crippen molar-refractivity contribution in [3.8, 4) is 0 Å². The van der Waals surface area contributed by atoms with Gasteiger partial charge < -0.3 is 0 Å². The van der Waals surface area contributed by atoms with Gasteiger partial charge in [0, 0.05) is 6.38 Å². The number of hydrogen-bond donors (Lipinski definition) is 0. The number of hydrogen-bond acceptors (Lipinski definition) is 0. The van der Waals surface area contributed by atoms with Crippen LogP contribution in [-0.2, 0) is 0 Å². The van der Waals surface area contributed by atoms with Crippen molar-refractivity contribution in [1.29, 1.82) is 0 Å². The third kappa shape index (κ3) is 1.66. The summed E-state index contributed by atoms with van der Waals surface area (Å²) in [4.78, 5) is 0. The molecular formula is C7H15Cl. The van der Waals surface area contributed by atoms with Crippen molar-refractivity contribution >= 4 is 11.6 Å². The van der Waals surface area contributed by atoms with Gasteiger partial charge in [0.15, 0.2) is 0 Å². The van der Waals surface area contributed by atoms with Crippen LogP contribution in [0.4, 0.5) is 0 Å². The monoisotopic (exact) mass is 134 g/mol. The Kier molecular flexibility index (Phi) is 3.46. The van der Waals surface area contributed by atoms with Crippen LogP contribution >= 0.6 is 11.6 Å². The normalized spacial score (nSPS) is 42.4. The Morgan fingerprint density at radius 2 is 0.875 bits per heavy atom. The predicted octanol–water partition coefficient (Wildman–Crippen LogP) is 2.76. The van der Waals surface area contributed by atoms with Crippen LogP contribution in [0, 0.1) is 17.8 Å². The molecule has 0 spiro atoms. The Morgan fingerprint density at radius 3 is 0.875 bits per heavy atom. The van der Waals surface area contributed by atoms with E-state index >= 15 is 0 Å². The molecule has 0 atom stereocenters. The van der Waals surface area contributed by atoms with Crippen LogP contribution in [0.2, 0.25) is 0 Å². The summed E-state index contributed by atoms with van der Waals surface area (Å²) in [5, 5.41) is 0. The quantitative estimate of drug-likeness (QED) is 0.447. The molecule has 0 bridgehead atoms. The fourth-order valence-corrected chi connectivity index (χ4v) is 0.911. The first-order valence-corrected chi connectivity index (χ1v) is 3.87. The molecule has 0 aromatic heterocycles. The van der Waals surface area contributed by atoms with Crippen LogP contribution in [0.15, 0.2) is 0 Å². The third-order valence-corrected chi connectivity index (χ3v) is 2.35. The second kappa shape index (κ2) is 3.34. The lowest BCUT2D eigenvalue weighted by molar-refractivity contribution is 0.834. The summed E-state index contributed by atoms with van der Waals surface area (Å²) in [5.41, 5.74) is 0. The highest BCUT2D eigenvalue weighted by Crippen LogP contribution is 2.44. The average molecular weight is 135 g/mol. The summed E-state index contributed by atoms with van der Waals surface area (Å²) in [6.07, 6.45) is 1.47. The zero-order valence-corrected chi connectivity index (χ0v) is 6.87. The first kappa shape index (κ1) is 8.29. The molecule has 0 saturated heterocycles. The topological polar surface area (TPSA) is 0 Å². The first-order chi connectivity index (χ1) is 3.73. The lowest BCUT2D eigenvalue weighted by Gasteiger charge is -1.66. The van der Waals surface area contributed by atoms with E-state index in [0.717, 1.165) is 17.8 Å². The van der Waals surface area contributed by atoms with Crippen LogP contribution in [0.5, 0.6) is 0 Å². The molecule has 0 unspecified atom stereocenters. The van der Waals surface area contributed by atoms with E-state index in [1.54, 1.807) is 0 Å². The third-order valence-electron chi connectivity index (χ3n) is 2.35. The van der Waals surface area contributed by atoms with Gasteiger partial charge in [0.2, 0.25) is 0 Å². The molecule has 0 N–H and O–H groups in total. The summed E-state index contributed by atoms with van der Waals surface area (Å²) in [7, 11) is 0. The van der Waals surface area contributed by atoms with Crippen LogP contribution in [0.1, 0.15) is 20.8 Å². The summed E-state index contributed by atoms with van der Waals surface area (Å²) in [6.45, 7) is 6.94. The highest BCUT2D eigenvalue weighted by Gasteiger charge is 2.37. The van der Waals surface area contributed by atoms with Gasteiger partial charge in [-0.2, -0.15) is 0 Å². The molecule has 1 saturated carbocycles. The maximum atomic E-state index is 4.64. The average Bonchev–Trinajstić information content (AvgIpc) is 2.30. The van der Waals surface area contributed by atoms with Crippen LogP contribution in [0.25, 0.3) is 0 Å². The standard InChI is InChI=1S/C6H12.CH3Cl/c1-4-5(2)6(4)3;1-2/h4-6H,1-3H3;1H3. The molecule has 1 rings (SSSR count). The van der Waals surface area contributed by atoms with E-state index in [-0.39, 0.29) is 0 Å². The van der Waals surface area contributed by atoms with Gasteiger partial charge in [-0.3, -0.25) is 0 Å². The Bertz CT molecular complexity index is 41.1. The van der Waals surface area contributed by atoms with E-state index in [0.29, 0.717) is 0 Å². The van der Waals surface area contributed by atoms with Gasteiger partial charge in [-0.1, -0.05) is 20.8 Å². The van der Waals surface area contributed by atoms with Gasteiger partial charge in [-0.25, -0.2) is 0 Å². The molecule has 50 valence electrons. The van der Waals surface area contributed by atoms with Gasteiger partial charge >= 0.3 is 0 Å². The van der Waals surface area contributed by atoms with Crippen molar-refractivity contribution in [3.63, 3.8) is 0 Å². The lowest BCUT2D eigenvalue weighted by atomic mass is 10.4. The highest BCUT2D eigenvalue weighted by atomic mass is 35.5. The number of rotatable bonds is 0. The minimum Gasteiger partial charge on any atom is -0.130 e. The smallest absolute Gasteiger partial charge is 0.0108 e. The van der Waals surface area contributed by atoms with E-state index in [1.165, 1.54) is 6.38 Å². The molecule has 1 aliphatic rings. The molecule has 1 aliphatic carbocycles. The predicted molar refractivity (Wildman–Crippen MR) is 39.3 cm³/mol. The molecule has 0 aromatic rings. The van der Waals surface area contributed by atoms with E-state index in [1.807, 2.05) is 0 Å². The maximum Gasteiger partial charge on any atom is 0.0108 e. The van der Waals surface area contributed by atoms with E-state index in [9.17, 15) is 0 Å². The lowest BCUT2D eigenvalue weighted by Crippen LogP contribution is -1.58. The van der Waals surface area contributed by atoms with E-state index < -0.39 is 0 Å². The van der Waals surface area contributed by atoms with Gasteiger partial charge in [0.25, 0.3) is 0 Å². The van der Waals surface area contributed by atoms with Gasteiger partial charge in [0.05, 0.1) is 0 Å². The number of halogens is 1. The SMILES string of the molecule is CC1C(C)C1C.CCl. The molecule has 0 radical (unpaired) electrons. The van der Waals surface area contributed by atoms with Crippen LogP contribution < -0.4 is 0 Å². The minimum atomic E-state index is 1.02. The first-order valence-electron chi connectivity index (χ1n) is 3.11. The van der Waals surface area contributed by atoms with Crippen molar-refractivity contribution in [2.75, 3.05) is 6.38 Å². The fraction of sp³-hybridized carbons (Fsp3) is 1.00. The molecule has 0 heterocycles. The Hall–Kier alpha value is 0.290. The summed E-state index contributed by atoms with van der Waals surface area (Å²) >= 11 is 4.64. The summed E-state index contributed by atoms with van der Waals surface area (Å²) < 4.78 is 0. The van der Waals surface area contributed by atoms with Crippen molar-refractivity contribution in [1.82, 2.24) is 0 Å². The Labute approximate surface area is 57.2 Å². The van der Waals surface area contributed by atoms with Crippen molar-refractivity contribution in [2.24, 2.45) is 17.8 Å². The molecular weight excluding hydrogens is 120 g/mol. The van der Waals surface area contributed by atoms with E-state index in [2.05, 4.69) is 32.4 Å². The van der Waals surface area contributed by atoms with Gasteiger partial charge in [-0.15, -0.1) is 11.6 Å². The van der Waals surface area contributed by atoms with Gasteiger partial charge in [0.1, 0.15) is 0 Å². The molecule has 0 aliphatic heterocycles. The molecule has 1 heteroatoms. The molecule has 1 fully saturated rings. The van der Waals surface area contributed by atoms with Crippen molar-refractivity contribution in [3.05, 3.63) is 0 Å². The van der Waals surface area contributed by atoms with Crippen LogP contribution in [0.3, 0.4) is 0 Å².